The zero-order chi connectivity index (χ0) is 12.7. The van der Waals surface area contributed by atoms with Crippen molar-refractivity contribution in [2.45, 2.75) is 19.3 Å². The van der Waals surface area contributed by atoms with Crippen molar-refractivity contribution in [3.05, 3.63) is 25.1 Å². The molecule has 1 rings (SSSR count). The fourth-order valence-corrected chi connectivity index (χ4v) is 1.30. The zero-order valence-corrected chi connectivity index (χ0v) is 10.2. The third kappa shape index (κ3) is 3.98. The summed E-state index contributed by atoms with van der Waals surface area (Å²) in [6.45, 7) is 3.67. The van der Waals surface area contributed by atoms with Gasteiger partial charge in [-0.3, -0.25) is 4.79 Å². The summed E-state index contributed by atoms with van der Waals surface area (Å²) in [6, 6.07) is 5.04. The van der Waals surface area contributed by atoms with E-state index < -0.39 is 0 Å². The number of hydrogen-bond acceptors (Lipinski definition) is 4. The second kappa shape index (κ2) is 6.78. The molecule has 4 heteroatoms. The highest BCUT2D eigenvalue weighted by Crippen LogP contribution is 2.31. The lowest BCUT2D eigenvalue weighted by molar-refractivity contribution is -0.134. The highest BCUT2D eigenvalue weighted by Gasteiger charge is 2.10. The van der Waals surface area contributed by atoms with E-state index in [1.807, 2.05) is 0 Å². The lowest BCUT2D eigenvalue weighted by Gasteiger charge is -2.10. The standard InChI is InChI=1S/C13H17O4/c1-4-5-6-13(14)17-11-8-7-10(15-2)9-12(11)16-3/h7-9H,1,4-6H2,2-3H3. The van der Waals surface area contributed by atoms with Crippen LogP contribution in [-0.4, -0.2) is 20.2 Å². The molecular formula is C13H17O4. The van der Waals surface area contributed by atoms with Crippen LogP contribution in [0.4, 0.5) is 0 Å². The van der Waals surface area contributed by atoms with Crippen LogP contribution in [0.3, 0.4) is 0 Å². The van der Waals surface area contributed by atoms with Gasteiger partial charge < -0.3 is 14.2 Å². The Balaban J connectivity index is 2.73. The van der Waals surface area contributed by atoms with E-state index in [4.69, 9.17) is 14.2 Å². The molecule has 93 valence electrons. The summed E-state index contributed by atoms with van der Waals surface area (Å²) in [5.74, 6) is 1.26. The van der Waals surface area contributed by atoms with Crippen LogP contribution in [0, 0.1) is 6.92 Å². The van der Waals surface area contributed by atoms with Crippen LogP contribution in [0.1, 0.15) is 19.3 Å². The van der Waals surface area contributed by atoms with E-state index in [0.717, 1.165) is 12.8 Å². The van der Waals surface area contributed by atoms with Gasteiger partial charge in [0.2, 0.25) is 0 Å². The van der Waals surface area contributed by atoms with Crippen molar-refractivity contribution in [1.82, 2.24) is 0 Å². The summed E-state index contributed by atoms with van der Waals surface area (Å²) in [5.41, 5.74) is 0. The van der Waals surface area contributed by atoms with Gasteiger partial charge in [-0.25, -0.2) is 0 Å². The molecule has 0 heterocycles. The Morgan fingerprint density at radius 2 is 2.00 bits per heavy atom. The van der Waals surface area contributed by atoms with Crippen molar-refractivity contribution in [2.75, 3.05) is 14.2 Å². The number of carbonyl (C=O) groups excluding carboxylic acids is 1. The highest BCUT2D eigenvalue weighted by atomic mass is 16.6. The Bertz CT molecular complexity index is 374. The van der Waals surface area contributed by atoms with Gasteiger partial charge in [-0.15, -0.1) is 0 Å². The smallest absolute Gasteiger partial charge is 0.311 e. The third-order valence-electron chi connectivity index (χ3n) is 2.23. The molecule has 1 aromatic carbocycles. The molecule has 4 nitrogen and oxygen atoms in total. The van der Waals surface area contributed by atoms with E-state index >= 15 is 0 Å². The summed E-state index contributed by atoms with van der Waals surface area (Å²) in [6.07, 6.45) is 1.80. The van der Waals surface area contributed by atoms with E-state index in [-0.39, 0.29) is 5.97 Å². The molecule has 0 N–H and O–H groups in total. The summed E-state index contributed by atoms with van der Waals surface area (Å²) in [7, 11) is 3.08. The minimum absolute atomic E-state index is 0.280. The number of ether oxygens (including phenoxy) is 3. The van der Waals surface area contributed by atoms with Gasteiger partial charge >= 0.3 is 5.97 Å². The molecular weight excluding hydrogens is 220 g/mol. The number of benzene rings is 1. The molecule has 1 aromatic rings. The molecule has 0 fully saturated rings. The summed E-state index contributed by atoms with van der Waals surface area (Å²) < 4.78 is 15.4. The van der Waals surface area contributed by atoms with E-state index in [1.165, 1.54) is 7.11 Å². The number of methoxy groups -OCH3 is 2. The minimum atomic E-state index is -0.280. The molecule has 0 saturated carbocycles. The Labute approximate surface area is 101 Å². The largest absolute Gasteiger partial charge is 0.497 e. The van der Waals surface area contributed by atoms with E-state index in [1.54, 1.807) is 25.3 Å². The number of unbranched alkanes of at least 4 members (excludes halogenated alkanes) is 1. The summed E-state index contributed by atoms with van der Waals surface area (Å²) in [5, 5.41) is 0. The topological polar surface area (TPSA) is 44.8 Å². The minimum Gasteiger partial charge on any atom is -0.497 e. The zero-order valence-electron chi connectivity index (χ0n) is 10.2. The molecule has 0 atom stereocenters. The average molecular weight is 237 g/mol. The molecule has 0 aliphatic rings. The molecule has 1 radical (unpaired) electrons. The maximum atomic E-state index is 11.5. The number of carbonyl (C=O) groups is 1. The Hall–Kier alpha value is -1.71. The monoisotopic (exact) mass is 237 g/mol. The first-order chi connectivity index (χ1) is 8.21. The van der Waals surface area contributed by atoms with E-state index in [0.29, 0.717) is 23.7 Å². The fraction of sp³-hybridized carbons (Fsp3) is 0.385. The van der Waals surface area contributed by atoms with Crippen molar-refractivity contribution in [3.63, 3.8) is 0 Å². The van der Waals surface area contributed by atoms with Gasteiger partial charge in [-0.1, -0.05) is 13.3 Å². The Morgan fingerprint density at radius 3 is 2.59 bits per heavy atom. The molecule has 0 saturated heterocycles. The predicted molar refractivity (Wildman–Crippen MR) is 64.4 cm³/mol. The van der Waals surface area contributed by atoms with Crippen LogP contribution in [0.5, 0.6) is 17.2 Å². The molecule has 0 bridgehead atoms. The van der Waals surface area contributed by atoms with Gasteiger partial charge in [-0.05, 0) is 18.6 Å². The first-order valence-corrected chi connectivity index (χ1v) is 5.43. The van der Waals surface area contributed by atoms with E-state index in [2.05, 4.69) is 6.92 Å². The van der Waals surface area contributed by atoms with Crippen LogP contribution >= 0.6 is 0 Å². The van der Waals surface area contributed by atoms with Gasteiger partial charge in [0.15, 0.2) is 11.5 Å². The van der Waals surface area contributed by atoms with Crippen molar-refractivity contribution >= 4 is 5.97 Å². The SMILES string of the molecule is [CH2]CCCC(=O)Oc1ccc(OC)cc1OC. The third-order valence-corrected chi connectivity index (χ3v) is 2.23. The molecule has 0 amide bonds. The normalized spacial score (nSPS) is 9.82. The fourth-order valence-electron chi connectivity index (χ4n) is 1.30. The molecule has 0 aliphatic heterocycles. The molecule has 0 aliphatic carbocycles. The second-order valence-corrected chi connectivity index (χ2v) is 3.45. The Morgan fingerprint density at radius 1 is 1.24 bits per heavy atom. The number of rotatable bonds is 6. The highest BCUT2D eigenvalue weighted by molar-refractivity contribution is 5.73. The van der Waals surface area contributed by atoms with Crippen molar-refractivity contribution < 1.29 is 19.0 Å². The van der Waals surface area contributed by atoms with Crippen molar-refractivity contribution in [3.8, 4) is 17.2 Å². The van der Waals surface area contributed by atoms with Gasteiger partial charge in [0, 0.05) is 12.5 Å². The molecule has 0 unspecified atom stereocenters. The van der Waals surface area contributed by atoms with Crippen LogP contribution in [0.2, 0.25) is 0 Å². The van der Waals surface area contributed by atoms with Crippen LogP contribution in [0.25, 0.3) is 0 Å². The maximum absolute atomic E-state index is 11.5. The van der Waals surface area contributed by atoms with Gasteiger partial charge in [0.1, 0.15) is 5.75 Å². The molecule has 0 aromatic heterocycles. The van der Waals surface area contributed by atoms with Crippen molar-refractivity contribution in [1.29, 1.82) is 0 Å². The quantitative estimate of drug-likeness (QED) is 0.563. The molecule has 0 spiro atoms. The first kappa shape index (κ1) is 13.4. The lowest BCUT2D eigenvalue weighted by Crippen LogP contribution is -2.08. The summed E-state index contributed by atoms with van der Waals surface area (Å²) >= 11 is 0. The Kier molecular flexibility index (Phi) is 5.33. The van der Waals surface area contributed by atoms with Crippen molar-refractivity contribution in [2.24, 2.45) is 0 Å². The summed E-state index contributed by atoms with van der Waals surface area (Å²) in [4.78, 5) is 11.5. The molecule has 17 heavy (non-hydrogen) atoms. The first-order valence-electron chi connectivity index (χ1n) is 5.43. The maximum Gasteiger partial charge on any atom is 0.311 e. The number of esters is 1. The van der Waals surface area contributed by atoms with Gasteiger partial charge in [0.25, 0.3) is 0 Å². The second-order valence-electron chi connectivity index (χ2n) is 3.45. The predicted octanol–water partition coefficient (Wildman–Crippen LogP) is 2.61. The average Bonchev–Trinajstić information content (AvgIpc) is 2.36. The van der Waals surface area contributed by atoms with Crippen LogP contribution in [-0.2, 0) is 4.79 Å². The van der Waals surface area contributed by atoms with Gasteiger partial charge in [-0.2, -0.15) is 0 Å². The lowest BCUT2D eigenvalue weighted by atomic mass is 10.2. The van der Waals surface area contributed by atoms with Crippen LogP contribution in [0.15, 0.2) is 18.2 Å². The van der Waals surface area contributed by atoms with Crippen LogP contribution < -0.4 is 14.2 Å². The van der Waals surface area contributed by atoms with E-state index in [9.17, 15) is 4.79 Å². The number of hydrogen-bond donors (Lipinski definition) is 0. The van der Waals surface area contributed by atoms with Gasteiger partial charge in [0.05, 0.1) is 14.2 Å².